The lowest BCUT2D eigenvalue weighted by Crippen LogP contribution is -2.14. The van der Waals surface area contributed by atoms with Gasteiger partial charge in [0.2, 0.25) is 0 Å². The molecule has 0 bridgehead atoms. The Morgan fingerprint density at radius 2 is 1.05 bits per heavy atom. The van der Waals surface area contributed by atoms with Crippen LogP contribution in [0.15, 0.2) is 24.3 Å². The molecule has 0 heterocycles. The van der Waals surface area contributed by atoms with E-state index in [0.29, 0.717) is 0 Å². The molecule has 0 aromatic rings. The predicted molar refractivity (Wildman–Crippen MR) is 73.5 cm³/mol. The van der Waals surface area contributed by atoms with E-state index in [2.05, 4.69) is 18.9 Å². The molecule has 122 valence electrons. The number of hydrogen-bond acceptors (Lipinski definition) is 8. The summed E-state index contributed by atoms with van der Waals surface area (Å²) in [6, 6.07) is 0. The first-order valence-electron chi connectivity index (χ1n) is 6.26. The van der Waals surface area contributed by atoms with Gasteiger partial charge >= 0.3 is 23.9 Å². The molecule has 0 fully saturated rings. The molecule has 0 spiro atoms. The maximum absolute atomic E-state index is 11.2. The number of carbonyl (C=O) groups excluding carboxylic acids is 4. The van der Waals surface area contributed by atoms with Crippen molar-refractivity contribution >= 4 is 23.9 Å². The fourth-order valence-corrected chi connectivity index (χ4v) is 1.00. The molecule has 8 nitrogen and oxygen atoms in total. The number of methoxy groups -OCH3 is 2. The standard InChI is InChI=1S/C14H18O8/c1-19-13(17)9-21-11(15)7-5-3-4-6-8-12(16)22-10-14(18)20-2/h3-6H,7-10H2,1-2H3/b5-3+,6-4+. The van der Waals surface area contributed by atoms with Gasteiger partial charge in [-0.05, 0) is 0 Å². The normalized spacial score (nSPS) is 10.5. The van der Waals surface area contributed by atoms with Crippen LogP contribution in [0, 0.1) is 0 Å². The first-order valence-corrected chi connectivity index (χ1v) is 6.26. The van der Waals surface area contributed by atoms with E-state index in [-0.39, 0.29) is 12.8 Å². The fourth-order valence-electron chi connectivity index (χ4n) is 1.00. The van der Waals surface area contributed by atoms with Crippen molar-refractivity contribution in [1.82, 2.24) is 0 Å². The average Bonchev–Trinajstić information content (AvgIpc) is 2.53. The van der Waals surface area contributed by atoms with Crippen molar-refractivity contribution in [3.05, 3.63) is 24.3 Å². The first-order chi connectivity index (χ1) is 10.5. The van der Waals surface area contributed by atoms with Crippen molar-refractivity contribution in [3.63, 3.8) is 0 Å². The summed E-state index contributed by atoms with van der Waals surface area (Å²) in [5, 5.41) is 0. The van der Waals surface area contributed by atoms with Gasteiger partial charge in [-0.3, -0.25) is 9.59 Å². The summed E-state index contributed by atoms with van der Waals surface area (Å²) in [6.45, 7) is -0.851. The van der Waals surface area contributed by atoms with E-state index < -0.39 is 37.1 Å². The summed E-state index contributed by atoms with van der Waals surface area (Å²) in [5.41, 5.74) is 0. The Balaban J connectivity index is 3.79. The minimum absolute atomic E-state index is 0.0197. The van der Waals surface area contributed by atoms with Gasteiger partial charge in [-0.25, -0.2) is 9.59 Å². The van der Waals surface area contributed by atoms with Gasteiger partial charge in [0, 0.05) is 0 Å². The highest BCUT2D eigenvalue weighted by Crippen LogP contribution is 1.93. The molecular weight excluding hydrogens is 296 g/mol. The molecular formula is C14H18O8. The molecule has 0 aromatic carbocycles. The number of ether oxygens (including phenoxy) is 4. The maximum atomic E-state index is 11.2. The van der Waals surface area contributed by atoms with E-state index >= 15 is 0 Å². The zero-order valence-electron chi connectivity index (χ0n) is 12.4. The Bertz CT molecular complexity index is 408. The van der Waals surface area contributed by atoms with Gasteiger partial charge < -0.3 is 18.9 Å². The van der Waals surface area contributed by atoms with Crippen molar-refractivity contribution in [3.8, 4) is 0 Å². The molecule has 22 heavy (non-hydrogen) atoms. The van der Waals surface area contributed by atoms with E-state index in [1.165, 1.54) is 38.5 Å². The second-order valence-electron chi connectivity index (χ2n) is 3.74. The monoisotopic (exact) mass is 314 g/mol. The molecule has 0 atom stereocenters. The molecule has 0 saturated heterocycles. The summed E-state index contributed by atoms with van der Waals surface area (Å²) in [5.74, 6) is -2.43. The number of hydrogen-bond donors (Lipinski definition) is 0. The summed E-state index contributed by atoms with van der Waals surface area (Å²) < 4.78 is 17.8. The third-order valence-electron chi connectivity index (χ3n) is 2.11. The SMILES string of the molecule is COC(=O)COC(=O)C/C=C/C=C/CC(=O)OCC(=O)OC. The zero-order valence-corrected chi connectivity index (χ0v) is 12.4. The molecule has 8 heteroatoms. The van der Waals surface area contributed by atoms with Crippen LogP contribution in [-0.2, 0) is 38.1 Å². The lowest BCUT2D eigenvalue weighted by molar-refractivity contribution is -0.156. The van der Waals surface area contributed by atoms with E-state index in [1.807, 2.05) is 0 Å². The molecule has 0 amide bonds. The topological polar surface area (TPSA) is 105 Å². The van der Waals surface area contributed by atoms with Crippen LogP contribution >= 0.6 is 0 Å². The molecule has 0 aliphatic carbocycles. The Morgan fingerprint density at radius 1 is 0.682 bits per heavy atom. The summed E-state index contributed by atoms with van der Waals surface area (Å²) in [7, 11) is 2.38. The van der Waals surface area contributed by atoms with Crippen LogP contribution in [0.4, 0.5) is 0 Å². The van der Waals surface area contributed by atoms with Gasteiger partial charge in [-0.15, -0.1) is 0 Å². The van der Waals surface area contributed by atoms with Crippen molar-refractivity contribution in [2.24, 2.45) is 0 Å². The zero-order chi connectivity index (χ0) is 16.8. The van der Waals surface area contributed by atoms with Crippen LogP contribution in [0.2, 0.25) is 0 Å². The third kappa shape index (κ3) is 11.2. The maximum Gasteiger partial charge on any atom is 0.344 e. The van der Waals surface area contributed by atoms with Crippen LogP contribution in [0.5, 0.6) is 0 Å². The summed E-state index contributed by atoms with van der Waals surface area (Å²) >= 11 is 0. The lowest BCUT2D eigenvalue weighted by Gasteiger charge is -2.00. The van der Waals surface area contributed by atoms with Gasteiger partial charge in [0.15, 0.2) is 13.2 Å². The first kappa shape index (κ1) is 19.4. The van der Waals surface area contributed by atoms with Gasteiger partial charge in [0.05, 0.1) is 27.1 Å². The number of allylic oxidation sites excluding steroid dienone is 2. The molecule has 0 aliphatic heterocycles. The van der Waals surface area contributed by atoms with Gasteiger partial charge in [-0.2, -0.15) is 0 Å². The van der Waals surface area contributed by atoms with Crippen molar-refractivity contribution in [1.29, 1.82) is 0 Å². The van der Waals surface area contributed by atoms with Gasteiger partial charge in [0.1, 0.15) is 0 Å². The van der Waals surface area contributed by atoms with E-state index in [1.54, 1.807) is 0 Å². The van der Waals surface area contributed by atoms with Gasteiger partial charge in [-0.1, -0.05) is 24.3 Å². The van der Waals surface area contributed by atoms with Crippen LogP contribution in [0.1, 0.15) is 12.8 Å². The molecule has 0 unspecified atom stereocenters. The van der Waals surface area contributed by atoms with E-state index in [0.717, 1.165) is 0 Å². The Kier molecular flexibility index (Phi) is 10.7. The second-order valence-corrected chi connectivity index (χ2v) is 3.74. The number of carbonyl (C=O) groups is 4. The Morgan fingerprint density at radius 3 is 1.36 bits per heavy atom. The second kappa shape index (κ2) is 12.1. The van der Waals surface area contributed by atoms with Crippen molar-refractivity contribution in [2.45, 2.75) is 12.8 Å². The quantitative estimate of drug-likeness (QED) is 0.340. The number of esters is 4. The number of rotatable bonds is 9. The molecule has 0 rings (SSSR count). The highest BCUT2D eigenvalue weighted by Gasteiger charge is 2.05. The molecule has 0 aromatic heterocycles. The summed E-state index contributed by atoms with van der Waals surface area (Å²) in [4.78, 5) is 43.7. The predicted octanol–water partition coefficient (Wildman–Crippen LogP) is 0.311. The largest absolute Gasteiger partial charge is 0.466 e. The van der Waals surface area contributed by atoms with E-state index in [4.69, 9.17) is 0 Å². The van der Waals surface area contributed by atoms with Crippen LogP contribution in [0.3, 0.4) is 0 Å². The van der Waals surface area contributed by atoms with Crippen LogP contribution in [-0.4, -0.2) is 51.3 Å². The van der Waals surface area contributed by atoms with Crippen LogP contribution < -0.4 is 0 Å². The smallest absolute Gasteiger partial charge is 0.344 e. The molecule has 0 aliphatic rings. The highest BCUT2D eigenvalue weighted by molar-refractivity contribution is 5.77. The Labute approximate surface area is 127 Å². The van der Waals surface area contributed by atoms with Crippen LogP contribution in [0.25, 0.3) is 0 Å². The lowest BCUT2D eigenvalue weighted by atomic mass is 10.3. The summed E-state index contributed by atoms with van der Waals surface area (Å²) in [6.07, 6.45) is 6.02. The highest BCUT2D eigenvalue weighted by atomic mass is 16.6. The molecule has 0 N–H and O–H groups in total. The fraction of sp³-hybridized carbons (Fsp3) is 0.429. The third-order valence-corrected chi connectivity index (χ3v) is 2.11. The average molecular weight is 314 g/mol. The minimum Gasteiger partial charge on any atom is -0.466 e. The minimum atomic E-state index is -0.636. The molecule has 0 saturated carbocycles. The van der Waals surface area contributed by atoms with Gasteiger partial charge in [0.25, 0.3) is 0 Å². The Hall–Kier alpha value is -2.64. The van der Waals surface area contributed by atoms with Crippen molar-refractivity contribution in [2.75, 3.05) is 27.4 Å². The van der Waals surface area contributed by atoms with Crippen molar-refractivity contribution < 1.29 is 38.1 Å². The van der Waals surface area contributed by atoms with E-state index in [9.17, 15) is 19.2 Å². The molecule has 0 radical (unpaired) electrons.